The molecule has 1 amide bonds. The van der Waals surface area contributed by atoms with Crippen LogP contribution in [0.15, 0.2) is 18.2 Å². The summed E-state index contributed by atoms with van der Waals surface area (Å²) in [4.78, 5) is 15.5. The van der Waals surface area contributed by atoms with Gasteiger partial charge in [-0.15, -0.1) is 0 Å². The summed E-state index contributed by atoms with van der Waals surface area (Å²) in [5, 5.41) is 0.874. The number of primary amides is 1. The number of aryl methyl sites for hydroxylation is 2. The normalized spacial score (nSPS) is 10.6. The molecule has 0 aliphatic carbocycles. The van der Waals surface area contributed by atoms with Gasteiger partial charge in [-0.3, -0.25) is 9.78 Å². The summed E-state index contributed by atoms with van der Waals surface area (Å²) in [5.74, 6) is 1.09. The number of amides is 1. The molecule has 0 unspecified atom stereocenters. The van der Waals surface area contributed by atoms with E-state index < -0.39 is 0 Å². The van der Waals surface area contributed by atoms with Crippen LogP contribution < -0.4 is 15.2 Å². The Hall–Kier alpha value is -2.30. The summed E-state index contributed by atoms with van der Waals surface area (Å²) < 4.78 is 10.8. The number of hydrogen-bond acceptors (Lipinski definition) is 4. The second-order valence-electron chi connectivity index (χ2n) is 4.57. The van der Waals surface area contributed by atoms with Gasteiger partial charge in [0, 0.05) is 29.1 Å². The Bertz CT molecular complexity index is 653. The van der Waals surface area contributed by atoms with Crippen LogP contribution in [0.25, 0.3) is 10.9 Å². The van der Waals surface area contributed by atoms with Gasteiger partial charge in [-0.05, 0) is 25.5 Å². The van der Waals surface area contributed by atoms with E-state index in [-0.39, 0.29) is 12.3 Å². The van der Waals surface area contributed by atoms with Crippen molar-refractivity contribution in [2.24, 2.45) is 5.73 Å². The van der Waals surface area contributed by atoms with Gasteiger partial charge in [0.25, 0.3) is 0 Å². The third-order valence-corrected chi connectivity index (χ3v) is 3.19. The Labute approximate surface area is 117 Å². The lowest BCUT2D eigenvalue weighted by Gasteiger charge is -2.14. The number of hydrogen-bond donors (Lipinski definition) is 1. The maximum absolute atomic E-state index is 11.1. The molecule has 0 saturated heterocycles. The summed E-state index contributed by atoms with van der Waals surface area (Å²) in [5.41, 5.74) is 7.84. The SMILES string of the molecule is COc1ccc2nc(C)cc(OC)c2c1CCC(N)=O. The van der Waals surface area contributed by atoms with E-state index in [0.29, 0.717) is 12.2 Å². The first-order valence-corrected chi connectivity index (χ1v) is 6.36. The Morgan fingerprint density at radius 1 is 1.25 bits per heavy atom. The molecule has 0 aliphatic heterocycles. The maximum atomic E-state index is 11.1. The molecule has 0 radical (unpaired) electrons. The van der Waals surface area contributed by atoms with E-state index in [2.05, 4.69) is 4.98 Å². The number of carbonyl (C=O) groups excluding carboxylic acids is 1. The number of nitrogens with two attached hydrogens (primary N) is 1. The summed E-state index contributed by atoms with van der Waals surface area (Å²) in [6.07, 6.45) is 0.753. The van der Waals surface area contributed by atoms with E-state index >= 15 is 0 Å². The quantitative estimate of drug-likeness (QED) is 0.904. The molecule has 5 nitrogen and oxygen atoms in total. The summed E-state index contributed by atoms with van der Waals surface area (Å²) in [6, 6.07) is 5.61. The number of pyridine rings is 1. The minimum atomic E-state index is -0.344. The van der Waals surface area contributed by atoms with Crippen molar-refractivity contribution in [2.45, 2.75) is 19.8 Å². The topological polar surface area (TPSA) is 74.4 Å². The predicted octanol–water partition coefficient (Wildman–Crippen LogP) is 1.98. The molecule has 0 bridgehead atoms. The van der Waals surface area contributed by atoms with Crippen LogP contribution in [0.1, 0.15) is 17.7 Å². The van der Waals surface area contributed by atoms with Gasteiger partial charge in [0.15, 0.2) is 0 Å². The van der Waals surface area contributed by atoms with E-state index in [1.54, 1.807) is 14.2 Å². The fraction of sp³-hybridized carbons (Fsp3) is 0.333. The number of carbonyl (C=O) groups is 1. The summed E-state index contributed by atoms with van der Waals surface area (Å²) >= 11 is 0. The average molecular weight is 274 g/mol. The molecule has 0 spiro atoms. The van der Waals surface area contributed by atoms with Gasteiger partial charge in [0.05, 0.1) is 19.7 Å². The van der Waals surface area contributed by atoms with Crippen molar-refractivity contribution in [3.05, 3.63) is 29.5 Å². The third-order valence-electron chi connectivity index (χ3n) is 3.19. The number of nitrogens with zero attached hydrogens (tertiary/aromatic N) is 1. The summed E-state index contributed by atoms with van der Waals surface area (Å²) in [7, 11) is 3.22. The minimum Gasteiger partial charge on any atom is -0.496 e. The molecule has 2 rings (SSSR count). The van der Waals surface area contributed by atoms with Gasteiger partial charge < -0.3 is 15.2 Å². The molecule has 2 N–H and O–H groups in total. The molecule has 106 valence electrons. The van der Waals surface area contributed by atoms with Gasteiger partial charge in [0.2, 0.25) is 5.91 Å². The Kier molecular flexibility index (Phi) is 4.08. The molecule has 0 saturated carbocycles. The van der Waals surface area contributed by atoms with Gasteiger partial charge >= 0.3 is 0 Å². The summed E-state index contributed by atoms with van der Waals surface area (Å²) in [6.45, 7) is 1.91. The highest BCUT2D eigenvalue weighted by molar-refractivity contribution is 5.91. The largest absolute Gasteiger partial charge is 0.496 e. The van der Waals surface area contributed by atoms with Crippen LogP contribution in [0, 0.1) is 6.92 Å². The molecular formula is C15H18N2O3. The number of ether oxygens (including phenoxy) is 2. The minimum absolute atomic E-state index is 0.256. The van der Waals surface area contributed by atoms with Crippen LogP contribution in [0.3, 0.4) is 0 Å². The molecule has 1 aromatic carbocycles. The Morgan fingerprint density at radius 2 is 1.95 bits per heavy atom. The third kappa shape index (κ3) is 2.66. The molecule has 5 heteroatoms. The van der Waals surface area contributed by atoms with Crippen molar-refractivity contribution in [1.29, 1.82) is 0 Å². The monoisotopic (exact) mass is 274 g/mol. The molecule has 1 aromatic heterocycles. The first-order valence-electron chi connectivity index (χ1n) is 6.36. The van der Waals surface area contributed by atoms with Crippen LogP contribution in [-0.2, 0) is 11.2 Å². The predicted molar refractivity (Wildman–Crippen MR) is 77.1 cm³/mol. The second-order valence-corrected chi connectivity index (χ2v) is 4.57. The standard InChI is InChI=1S/C15H18N2O3/c1-9-8-13(20-3)15-10(4-7-14(16)18)12(19-2)6-5-11(15)17-9/h5-6,8H,4,7H2,1-3H3,(H2,16,18). The number of aromatic nitrogens is 1. The molecule has 0 fully saturated rings. The van der Waals surface area contributed by atoms with Gasteiger partial charge in [0.1, 0.15) is 11.5 Å². The second kappa shape index (κ2) is 5.77. The van der Waals surface area contributed by atoms with Crippen LogP contribution in [-0.4, -0.2) is 25.1 Å². The van der Waals surface area contributed by atoms with Gasteiger partial charge in [-0.2, -0.15) is 0 Å². The van der Waals surface area contributed by atoms with E-state index in [0.717, 1.165) is 27.9 Å². The molecule has 0 aliphatic rings. The molecule has 2 aromatic rings. The lowest BCUT2D eigenvalue weighted by atomic mass is 10.0. The zero-order valence-electron chi connectivity index (χ0n) is 11.9. The maximum Gasteiger partial charge on any atom is 0.217 e. The molecule has 0 atom stereocenters. The van der Waals surface area contributed by atoms with Crippen molar-refractivity contribution in [3.63, 3.8) is 0 Å². The fourth-order valence-electron chi connectivity index (χ4n) is 2.32. The first kappa shape index (κ1) is 14.1. The van der Waals surface area contributed by atoms with Crippen LogP contribution in [0.2, 0.25) is 0 Å². The van der Waals surface area contributed by atoms with Gasteiger partial charge in [-0.1, -0.05) is 0 Å². The highest BCUT2D eigenvalue weighted by Gasteiger charge is 2.15. The van der Waals surface area contributed by atoms with Crippen molar-refractivity contribution in [3.8, 4) is 11.5 Å². The average Bonchev–Trinajstić information content (AvgIpc) is 2.43. The number of benzene rings is 1. The van der Waals surface area contributed by atoms with Crippen LogP contribution in [0.4, 0.5) is 0 Å². The molecule has 1 heterocycles. The fourth-order valence-corrected chi connectivity index (χ4v) is 2.32. The number of rotatable bonds is 5. The van der Waals surface area contributed by atoms with E-state index in [4.69, 9.17) is 15.2 Å². The number of methoxy groups -OCH3 is 2. The smallest absolute Gasteiger partial charge is 0.217 e. The Morgan fingerprint density at radius 3 is 2.55 bits per heavy atom. The van der Waals surface area contributed by atoms with E-state index in [9.17, 15) is 4.79 Å². The van der Waals surface area contributed by atoms with E-state index in [1.807, 2.05) is 25.1 Å². The van der Waals surface area contributed by atoms with Crippen molar-refractivity contribution in [2.75, 3.05) is 14.2 Å². The Balaban J connectivity index is 2.68. The zero-order chi connectivity index (χ0) is 14.7. The highest BCUT2D eigenvalue weighted by Crippen LogP contribution is 2.35. The first-order chi connectivity index (χ1) is 9.56. The van der Waals surface area contributed by atoms with Crippen molar-refractivity contribution >= 4 is 16.8 Å². The lowest BCUT2D eigenvalue weighted by Crippen LogP contribution is -2.12. The van der Waals surface area contributed by atoms with Gasteiger partial charge in [-0.25, -0.2) is 0 Å². The van der Waals surface area contributed by atoms with Crippen LogP contribution in [0.5, 0.6) is 11.5 Å². The highest BCUT2D eigenvalue weighted by atomic mass is 16.5. The van der Waals surface area contributed by atoms with Crippen LogP contribution >= 0.6 is 0 Å². The van der Waals surface area contributed by atoms with Crippen molar-refractivity contribution in [1.82, 2.24) is 4.98 Å². The number of fused-ring (bicyclic) bond motifs is 1. The molecular weight excluding hydrogens is 256 g/mol. The van der Waals surface area contributed by atoms with Crippen molar-refractivity contribution < 1.29 is 14.3 Å². The zero-order valence-corrected chi connectivity index (χ0v) is 11.9. The van der Waals surface area contributed by atoms with E-state index in [1.165, 1.54) is 0 Å². The lowest BCUT2D eigenvalue weighted by molar-refractivity contribution is -0.117. The molecule has 20 heavy (non-hydrogen) atoms.